The predicted molar refractivity (Wildman–Crippen MR) is 155 cm³/mol. The lowest BCUT2D eigenvalue weighted by molar-refractivity contribution is -0.00110. The number of aliphatic hydroxyl groups excluding tert-OH is 1. The Hall–Kier alpha value is -3.69. The molecule has 1 saturated heterocycles. The summed E-state index contributed by atoms with van der Waals surface area (Å²) in [6, 6.07) is 15.8. The maximum Gasteiger partial charge on any atom is 0.253 e. The number of nitrogens with one attached hydrogen (secondary N) is 1. The van der Waals surface area contributed by atoms with Crippen molar-refractivity contribution in [3.8, 4) is 5.75 Å². The van der Waals surface area contributed by atoms with Gasteiger partial charge in [0.1, 0.15) is 17.7 Å². The predicted octanol–water partition coefficient (Wildman–Crippen LogP) is 6.17. The topological polar surface area (TPSA) is 74.7 Å². The minimum atomic E-state index is -2.72. The third-order valence-corrected chi connectivity index (χ3v) is 8.05. The summed E-state index contributed by atoms with van der Waals surface area (Å²) >= 11 is 0. The molecule has 2 atom stereocenters. The van der Waals surface area contributed by atoms with Gasteiger partial charge in [-0.15, -0.1) is 0 Å². The lowest BCUT2D eigenvalue weighted by atomic mass is 9.87. The molecule has 0 radical (unpaired) electrons. The Morgan fingerprint density at radius 2 is 1.74 bits per heavy atom. The highest BCUT2D eigenvalue weighted by molar-refractivity contribution is 5.94. The zero-order valence-electron chi connectivity index (χ0n) is 23.7. The van der Waals surface area contributed by atoms with Gasteiger partial charge >= 0.3 is 0 Å². The number of ether oxygens (including phenoxy) is 1. The molecular weight excluding hydrogens is 543 g/mol. The molecule has 2 N–H and O–H groups in total. The molecule has 1 aliphatic heterocycles. The SMILES string of the molecule is C[C@@H](NC(=O)c1cncc(OC2CCC(F)(F)C2)c1)c1ccc(C(=C2CCN(CCO)CC2)c2ccc(F)cc2)cc1. The number of β-amino-alcohol motifs (C(OH)–C–C–N with tert-alkyl or cyclic N) is 1. The van der Waals surface area contributed by atoms with Crippen molar-refractivity contribution >= 4 is 11.5 Å². The molecule has 2 aliphatic rings. The number of nitrogens with zero attached hydrogens (tertiary/aromatic N) is 2. The average Bonchev–Trinajstić information content (AvgIpc) is 3.33. The number of carbonyl (C=O) groups is 1. The normalized spacial score (nSPS) is 19.4. The number of amides is 1. The molecule has 2 aromatic carbocycles. The number of hydrogen-bond acceptors (Lipinski definition) is 5. The molecule has 2 heterocycles. The lowest BCUT2D eigenvalue weighted by Crippen LogP contribution is -2.33. The number of carbonyl (C=O) groups excluding carboxylic acids is 1. The van der Waals surface area contributed by atoms with Crippen LogP contribution in [0.15, 0.2) is 72.6 Å². The van der Waals surface area contributed by atoms with Gasteiger partial charge in [-0.05, 0) is 66.6 Å². The van der Waals surface area contributed by atoms with Crippen molar-refractivity contribution in [2.45, 2.75) is 57.1 Å². The van der Waals surface area contributed by atoms with E-state index in [-0.39, 0.29) is 49.2 Å². The maximum absolute atomic E-state index is 13.7. The number of piperidine rings is 1. The van der Waals surface area contributed by atoms with Crippen LogP contribution in [0.25, 0.3) is 5.57 Å². The Kier molecular flexibility index (Phi) is 9.28. The van der Waals surface area contributed by atoms with Crippen LogP contribution in [0.5, 0.6) is 5.75 Å². The van der Waals surface area contributed by atoms with Crippen LogP contribution in [0, 0.1) is 5.82 Å². The highest BCUT2D eigenvalue weighted by Crippen LogP contribution is 2.37. The molecular formula is C33H36F3N3O3. The fourth-order valence-electron chi connectivity index (χ4n) is 5.74. The quantitative estimate of drug-likeness (QED) is 0.317. The zero-order chi connectivity index (χ0) is 29.7. The van der Waals surface area contributed by atoms with Crippen molar-refractivity contribution in [2.24, 2.45) is 0 Å². The first-order chi connectivity index (χ1) is 20.2. The second-order valence-corrected chi connectivity index (χ2v) is 11.1. The number of alkyl halides is 2. The molecule has 3 aromatic rings. The summed E-state index contributed by atoms with van der Waals surface area (Å²) in [5.41, 5.74) is 5.54. The zero-order valence-corrected chi connectivity index (χ0v) is 23.7. The van der Waals surface area contributed by atoms with E-state index in [9.17, 15) is 23.1 Å². The number of aliphatic hydroxyl groups is 1. The number of likely N-dealkylation sites (tertiary alicyclic amines) is 1. The third-order valence-electron chi connectivity index (χ3n) is 8.05. The largest absolute Gasteiger partial charge is 0.489 e. The van der Waals surface area contributed by atoms with E-state index >= 15 is 0 Å². The molecule has 1 unspecified atom stereocenters. The van der Waals surface area contributed by atoms with E-state index in [0.29, 0.717) is 12.3 Å². The first-order valence-electron chi connectivity index (χ1n) is 14.4. The van der Waals surface area contributed by atoms with Gasteiger partial charge in [0.05, 0.1) is 24.4 Å². The number of rotatable bonds is 9. The molecule has 1 saturated carbocycles. The Morgan fingerprint density at radius 1 is 1.07 bits per heavy atom. The highest BCUT2D eigenvalue weighted by Gasteiger charge is 2.40. The van der Waals surface area contributed by atoms with Crippen molar-refractivity contribution in [2.75, 3.05) is 26.2 Å². The van der Waals surface area contributed by atoms with E-state index in [1.54, 1.807) is 12.1 Å². The molecule has 0 spiro atoms. The molecule has 1 amide bonds. The molecule has 9 heteroatoms. The van der Waals surface area contributed by atoms with E-state index in [0.717, 1.165) is 48.2 Å². The monoisotopic (exact) mass is 579 g/mol. The van der Waals surface area contributed by atoms with E-state index in [2.05, 4.69) is 15.2 Å². The number of hydrogen-bond donors (Lipinski definition) is 2. The maximum atomic E-state index is 13.7. The molecule has 1 aliphatic carbocycles. The summed E-state index contributed by atoms with van der Waals surface area (Å²) < 4.78 is 46.5. The Bertz CT molecular complexity index is 1400. The van der Waals surface area contributed by atoms with Crippen LogP contribution in [0.4, 0.5) is 13.2 Å². The van der Waals surface area contributed by atoms with Crippen LogP contribution in [0.2, 0.25) is 0 Å². The molecule has 222 valence electrons. The van der Waals surface area contributed by atoms with Gasteiger partial charge in [0.25, 0.3) is 11.8 Å². The van der Waals surface area contributed by atoms with Gasteiger partial charge in [-0.1, -0.05) is 42.0 Å². The molecule has 5 rings (SSSR count). The van der Waals surface area contributed by atoms with Gasteiger partial charge in [0, 0.05) is 38.7 Å². The van der Waals surface area contributed by atoms with Crippen LogP contribution in [0.3, 0.4) is 0 Å². The van der Waals surface area contributed by atoms with E-state index in [1.165, 1.54) is 36.2 Å². The molecule has 0 bridgehead atoms. The Balaban J connectivity index is 1.28. The van der Waals surface area contributed by atoms with Gasteiger partial charge in [0.2, 0.25) is 0 Å². The summed E-state index contributed by atoms with van der Waals surface area (Å²) in [6.07, 6.45) is 3.71. The minimum Gasteiger partial charge on any atom is -0.489 e. The molecule has 6 nitrogen and oxygen atoms in total. The highest BCUT2D eigenvalue weighted by atomic mass is 19.3. The first kappa shape index (κ1) is 29.8. The second-order valence-electron chi connectivity index (χ2n) is 11.1. The smallest absolute Gasteiger partial charge is 0.253 e. The summed E-state index contributed by atoms with van der Waals surface area (Å²) in [7, 11) is 0. The van der Waals surface area contributed by atoms with E-state index < -0.39 is 12.0 Å². The summed E-state index contributed by atoms with van der Waals surface area (Å²) in [5.74, 6) is -3.05. The van der Waals surface area contributed by atoms with Crippen molar-refractivity contribution in [3.05, 3.63) is 101 Å². The van der Waals surface area contributed by atoms with Gasteiger partial charge in [-0.2, -0.15) is 0 Å². The van der Waals surface area contributed by atoms with Crippen molar-refractivity contribution < 1.29 is 27.8 Å². The van der Waals surface area contributed by atoms with Gasteiger partial charge in [0.15, 0.2) is 0 Å². The van der Waals surface area contributed by atoms with Crippen molar-refractivity contribution in [1.82, 2.24) is 15.2 Å². The number of aromatic nitrogens is 1. The fourth-order valence-corrected chi connectivity index (χ4v) is 5.74. The Labute approximate surface area is 244 Å². The second kappa shape index (κ2) is 13.1. The van der Waals surface area contributed by atoms with Crippen molar-refractivity contribution in [3.63, 3.8) is 0 Å². The van der Waals surface area contributed by atoms with E-state index in [1.807, 2.05) is 31.2 Å². The standard InChI is InChI=1S/C33H36F3N3O3/c1-22(38-32(41)27-18-30(21-37-20-27)42-29-10-13-33(35,36)19-29)23-2-4-24(5-3-23)31(25-6-8-28(34)9-7-25)26-11-14-39(15-12-26)16-17-40/h2-9,18,20-22,29,40H,10-17,19H2,1H3,(H,38,41)/t22-,29?/m1/s1. The number of pyridine rings is 1. The van der Waals surface area contributed by atoms with Crippen LogP contribution in [-0.2, 0) is 0 Å². The first-order valence-corrected chi connectivity index (χ1v) is 14.4. The molecule has 42 heavy (non-hydrogen) atoms. The number of benzene rings is 2. The molecule has 1 aromatic heterocycles. The summed E-state index contributed by atoms with van der Waals surface area (Å²) in [6.45, 7) is 4.39. The van der Waals surface area contributed by atoms with Crippen molar-refractivity contribution in [1.29, 1.82) is 0 Å². The van der Waals surface area contributed by atoms with Crippen LogP contribution >= 0.6 is 0 Å². The fraction of sp³-hybridized carbons (Fsp3) is 0.394. The van der Waals surface area contributed by atoms with Gasteiger partial charge in [-0.25, -0.2) is 13.2 Å². The molecule has 2 fully saturated rings. The number of halogens is 3. The van der Waals surface area contributed by atoms with Gasteiger partial charge in [-0.3, -0.25) is 9.78 Å². The van der Waals surface area contributed by atoms with Crippen LogP contribution < -0.4 is 10.1 Å². The van der Waals surface area contributed by atoms with Crippen LogP contribution in [-0.4, -0.2) is 59.2 Å². The minimum absolute atomic E-state index is 0.137. The third kappa shape index (κ3) is 7.38. The van der Waals surface area contributed by atoms with E-state index in [4.69, 9.17) is 4.74 Å². The average molecular weight is 580 g/mol. The van der Waals surface area contributed by atoms with Gasteiger partial charge < -0.3 is 20.1 Å². The van der Waals surface area contributed by atoms with Crippen LogP contribution in [0.1, 0.15) is 72.1 Å². The Morgan fingerprint density at radius 3 is 2.36 bits per heavy atom. The lowest BCUT2D eigenvalue weighted by Gasteiger charge is -2.29. The summed E-state index contributed by atoms with van der Waals surface area (Å²) in [4.78, 5) is 19.3. The summed E-state index contributed by atoms with van der Waals surface area (Å²) in [5, 5.41) is 12.3.